The molecule has 0 radical (unpaired) electrons. The van der Waals surface area contributed by atoms with Gasteiger partial charge in [0.05, 0.1) is 4.47 Å². The van der Waals surface area contributed by atoms with Gasteiger partial charge in [-0.25, -0.2) is 4.39 Å². The Labute approximate surface area is 119 Å². The van der Waals surface area contributed by atoms with Gasteiger partial charge in [-0.1, -0.05) is 0 Å². The molecule has 102 valence electrons. The molecule has 1 heterocycles. The fourth-order valence-electron chi connectivity index (χ4n) is 1.73. The van der Waals surface area contributed by atoms with E-state index in [1.54, 1.807) is 12.1 Å². The predicted molar refractivity (Wildman–Crippen MR) is 74.6 cm³/mol. The van der Waals surface area contributed by atoms with Crippen molar-refractivity contribution in [3.8, 4) is 5.75 Å². The first-order chi connectivity index (χ1) is 8.97. The molecule has 19 heavy (non-hydrogen) atoms. The number of ether oxygens (including phenoxy) is 1. The van der Waals surface area contributed by atoms with Crippen molar-refractivity contribution in [2.24, 2.45) is 5.73 Å². The van der Waals surface area contributed by atoms with Crippen molar-refractivity contribution in [2.75, 3.05) is 0 Å². The highest BCUT2D eigenvalue weighted by molar-refractivity contribution is 9.10. The van der Waals surface area contributed by atoms with Crippen LogP contribution in [-0.2, 0) is 0 Å². The van der Waals surface area contributed by atoms with Gasteiger partial charge in [0.25, 0.3) is 0 Å². The lowest BCUT2D eigenvalue weighted by Crippen LogP contribution is -2.28. The number of nitrogens with two attached hydrogens (primary N) is 1. The molecule has 2 aromatic rings. The van der Waals surface area contributed by atoms with Gasteiger partial charge in [0.15, 0.2) is 6.10 Å². The van der Waals surface area contributed by atoms with Gasteiger partial charge >= 0.3 is 0 Å². The molecule has 0 saturated carbocycles. The second-order valence-corrected chi connectivity index (χ2v) is 5.28. The number of benzene rings is 1. The van der Waals surface area contributed by atoms with E-state index in [9.17, 15) is 4.39 Å². The van der Waals surface area contributed by atoms with Gasteiger partial charge in [-0.3, -0.25) is 0 Å². The highest BCUT2D eigenvalue weighted by Crippen LogP contribution is 2.28. The van der Waals surface area contributed by atoms with Gasteiger partial charge < -0.3 is 14.9 Å². The van der Waals surface area contributed by atoms with Crippen molar-refractivity contribution in [3.63, 3.8) is 0 Å². The Bertz CT molecular complexity index is 568. The third-order valence-corrected chi connectivity index (χ3v) is 3.32. The topological polar surface area (TPSA) is 48.4 Å². The summed E-state index contributed by atoms with van der Waals surface area (Å²) in [6.07, 6.45) is -0.450. The third kappa shape index (κ3) is 3.36. The zero-order valence-corrected chi connectivity index (χ0v) is 12.3. The SMILES string of the molecule is Cc1ccc(C(Oc2ccc(Br)c(F)c2)C(C)N)o1. The van der Waals surface area contributed by atoms with Gasteiger partial charge in [0.2, 0.25) is 0 Å². The first-order valence-electron chi connectivity index (χ1n) is 5.91. The summed E-state index contributed by atoms with van der Waals surface area (Å²) in [5, 5.41) is 0. The van der Waals surface area contributed by atoms with Gasteiger partial charge in [0.1, 0.15) is 23.1 Å². The lowest BCUT2D eigenvalue weighted by Gasteiger charge is -2.20. The quantitative estimate of drug-likeness (QED) is 0.924. The van der Waals surface area contributed by atoms with Crippen LogP contribution in [0.25, 0.3) is 0 Å². The van der Waals surface area contributed by atoms with E-state index >= 15 is 0 Å². The molecule has 0 aliphatic rings. The summed E-state index contributed by atoms with van der Waals surface area (Å²) in [4.78, 5) is 0. The second kappa shape index (κ2) is 5.75. The van der Waals surface area contributed by atoms with Gasteiger partial charge in [-0.2, -0.15) is 0 Å². The molecular formula is C14H15BrFNO2. The number of hydrogen-bond acceptors (Lipinski definition) is 3. The fourth-order valence-corrected chi connectivity index (χ4v) is 1.97. The predicted octanol–water partition coefficient (Wildman–Crippen LogP) is 3.96. The minimum absolute atomic E-state index is 0.280. The monoisotopic (exact) mass is 327 g/mol. The Balaban J connectivity index is 2.23. The molecule has 2 atom stereocenters. The summed E-state index contributed by atoms with van der Waals surface area (Å²) in [6.45, 7) is 3.67. The van der Waals surface area contributed by atoms with Crippen LogP contribution in [0.15, 0.2) is 39.2 Å². The normalized spacial score (nSPS) is 14.2. The smallest absolute Gasteiger partial charge is 0.171 e. The lowest BCUT2D eigenvalue weighted by atomic mass is 10.1. The molecule has 0 spiro atoms. The second-order valence-electron chi connectivity index (χ2n) is 4.42. The maximum Gasteiger partial charge on any atom is 0.171 e. The van der Waals surface area contributed by atoms with E-state index in [1.165, 1.54) is 6.07 Å². The number of hydrogen-bond donors (Lipinski definition) is 1. The third-order valence-electron chi connectivity index (χ3n) is 2.67. The van der Waals surface area contributed by atoms with Crippen LogP contribution in [0.4, 0.5) is 4.39 Å². The summed E-state index contributed by atoms with van der Waals surface area (Å²) in [5.74, 6) is 1.45. The molecule has 1 aromatic carbocycles. The van der Waals surface area contributed by atoms with E-state index in [1.807, 2.05) is 26.0 Å². The molecule has 0 saturated heterocycles. The Kier molecular flexibility index (Phi) is 4.27. The van der Waals surface area contributed by atoms with Crippen LogP contribution in [0, 0.1) is 12.7 Å². The highest BCUT2D eigenvalue weighted by atomic mass is 79.9. The molecule has 3 nitrogen and oxygen atoms in total. The van der Waals surface area contributed by atoms with E-state index in [-0.39, 0.29) is 11.9 Å². The Morgan fingerprint density at radius 2 is 2.05 bits per heavy atom. The molecule has 0 fully saturated rings. The molecule has 2 rings (SSSR count). The number of aryl methyl sites for hydroxylation is 1. The zero-order valence-electron chi connectivity index (χ0n) is 10.7. The minimum Gasteiger partial charge on any atom is -0.481 e. The molecular weight excluding hydrogens is 313 g/mol. The Hall–Kier alpha value is -1.33. The Morgan fingerprint density at radius 1 is 1.32 bits per heavy atom. The van der Waals surface area contributed by atoms with Gasteiger partial charge in [0, 0.05) is 12.1 Å². The van der Waals surface area contributed by atoms with Crippen LogP contribution >= 0.6 is 15.9 Å². The molecule has 2 N–H and O–H groups in total. The first-order valence-corrected chi connectivity index (χ1v) is 6.70. The van der Waals surface area contributed by atoms with Crippen LogP contribution in [-0.4, -0.2) is 6.04 Å². The maximum absolute atomic E-state index is 13.5. The van der Waals surface area contributed by atoms with Crippen molar-refractivity contribution >= 4 is 15.9 Å². The van der Waals surface area contributed by atoms with E-state index in [0.29, 0.717) is 16.0 Å². The largest absolute Gasteiger partial charge is 0.481 e. The van der Waals surface area contributed by atoms with Crippen LogP contribution in [0.3, 0.4) is 0 Å². The number of rotatable bonds is 4. The summed E-state index contributed by atoms with van der Waals surface area (Å²) in [5.41, 5.74) is 5.91. The summed E-state index contributed by atoms with van der Waals surface area (Å²) >= 11 is 3.10. The van der Waals surface area contributed by atoms with E-state index in [4.69, 9.17) is 14.9 Å². The van der Waals surface area contributed by atoms with Crippen molar-refractivity contribution in [3.05, 3.63) is 52.1 Å². The summed E-state index contributed by atoms with van der Waals surface area (Å²) in [7, 11) is 0. The van der Waals surface area contributed by atoms with Crippen molar-refractivity contribution in [1.29, 1.82) is 0 Å². The molecule has 5 heteroatoms. The van der Waals surface area contributed by atoms with Crippen LogP contribution < -0.4 is 10.5 Å². The number of furan rings is 1. The average Bonchev–Trinajstić information content (AvgIpc) is 2.76. The van der Waals surface area contributed by atoms with Crippen LogP contribution in [0.5, 0.6) is 5.75 Å². The molecule has 2 unspecified atom stereocenters. The summed E-state index contributed by atoms with van der Waals surface area (Å²) < 4.78 is 25.1. The minimum atomic E-state index is -0.450. The fraction of sp³-hybridized carbons (Fsp3) is 0.286. The Morgan fingerprint density at radius 3 is 2.58 bits per heavy atom. The van der Waals surface area contributed by atoms with Crippen molar-refractivity contribution in [2.45, 2.75) is 26.0 Å². The number of halogens is 2. The molecule has 0 aliphatic carbocycles. The molecule has 0 aliphatic heterocycles. The van der Waals surface area contributed by atoms with Crippen LogP contribution in [0.2, 0.25) is 0 Å². The van der Waals surface area contributed by atoms with Crippen molar-refractivity contribution < 1.29 is 13.5 Å². The first kappa shape index (κ1) is 14.1. The van der Waals surface area contributed by atoms with Gasteiger partial charge in [-0.15, -0.1) is 0 Å². The highest BCUT2D eigenvalue weighted by Gasteiger charge is 2.22. The van der Waals surface area contributed by atoms with Gasteiger partial charge in [-0.05, 0) is 54.0 Å². The maximum atomic E-state index is 13.5. The van der Waals surface area contributed by atoms with E-state index in [0.717, 1.165) is 5.76 Å². The zero-order chi connectivity index (χ0) is 14.0. The average molecular weight is 328 g/mol. The molecule has 0 amide bonds. The van der Waals surface area contributed by atoms with Crippen molar-refractivity contribution in [1.82, 2.24) is 0 Å². The molecule has 1 aromatic heterocycles. The molecule has 0 bridgehead atoms. The van der Waals surface area contributed by atoms with E-state index in [2.05, 4.69) is 15.9 Å². The van der Waals surface area contributed by atoms with E-state index < -0.39 is 6.10 Å². The summed E-state index contributed by atoms with van der Waals surface area (Å²) in [6, 6.07) is 7.97. The standard InChI is InChI=1S/C14H15BrFNO2/c1-8-3-6-13(18-8)14(9(2)17)19-10-4-5-11(15)12(16)7-10/h3-7,9,14H,17H2,1-2H3. The van der Waals surface area contributed by atoms with Crippen LogP contribution in [0.1, 0.15) is 24.5 Å². The lowest BCUT2D eigenvalue weighted by molar-refractivity contribution is 0.151.